The minimum atomic E-state index is -3.52. The fraction of sp³-hybridized carbons (Fsp3) is 0.278. The van der Waals surface area contributed by atoms with Crippen LogP contribution in [0.4, 0.5) is 0 Å². The van der Waals surface area contributed by atoms with Crippen molar-refractivity contribution in [3.63, 3.8) is 0 Å². The van der Waals surface area contributed by atoms with Gasteiger partial charge in [-0.25, -0.2) is 8.42 Å². The van der Waals surface area contributed by atoms with Crippen LogP contribution in [0.1, 0.15) is 16.8 Å². The number of hydrogen-bond acceptors (Lipinski definition) is 4. The van der Waals surface area contributed by atoms with E-state index in [1.807, 2.05) is 0 Å². The summed E-state index contributed by atoms with van der Waals surface area (Å²) in [5, 5.41) is -0.146. The van der Waals surface area contributed by atoms with E-state index >= 15 is 0 Å². The summed E-state index contributed by atoms with van der Waals surface area (Å²) >= 11 is 9.20. The second-order valence-corrected chi connectivity index (χ2v) is 9.53. The molecule has 1 fully saturated rings. The number of halogens is 2. The number of carbonyl (C=O) groups excluding carboxylic acids is 1. The molecule has 1 atom stereocenters. The van der Waals surface area contributed by atoms with Gasteiger partial charge < -0.3 is 9.64 Å². The number of carbonyl (C=O) groups is 1. The maximum absolute atomic E-state index is 12.8. The third-order valence-corrected chi connectivity index (χ3v) is 7.55. The lowest BCUT2D eigenvalue weighted by Gasteiger charge is -2.18. The Labute approximate surface area is 166 Å². The first kappa shape index (κ1) is 19.2. The van der Waals surface area contributed by atoms with Gasteiger partial charge in [0, 0.05) is 22.6 Å². The summed E-state index contributed by atoms with van der Waals surface area (Å²) in [5.74, 6) is 0.352. The highest BCUT2D eigenvalue weighted by Gasteiger charge is 2.36. The van der Waals surface area contributed by atoms with E-state index < -0.39 is 15.1 Å². The molecule has 1 aliphatic heterocycles. The number of sulfone groups is 1. The van der Waals surface area contributed by atoms with Gasteiger partial charge in [0.15, 0.2) is 9.84 Å². The standard InChI is InChI=1S/C18H17BrClNO4S/c1-25-13-4-7-17(19)16(10-13)18(22)21-9-8-15(11-21)26(23,24)14-5-2-12(20)3-6-14/h2-7,10,15H,8-9,11H2,1H3. The van der Waals surface area contributed by atoms with Gasteiger partial charge in [-0.3, -0.25) is 4.79 Å². The molecule has 0 saturated carbocycles. The predicted octanol–water partition coefficient (Wildman–Crippen LogP) is 3.80. The number of hydrogen-bond donors (Lipinski definition) is 0. The van der Waals surface area contributed by atoms with Gasteiger partial charge in [-0.1, -0.05) is 11.6 Å². The van der Waals surface area contributed by atoms with Gasteiger partial charge in [0.2, 0.25) is 0 Å². The van der Waals surface area contributed by atoms with Crippen molar-refractivity contribution in [1.82, 2.24) is 4.90 Å². The van der Waals surface area contributed by atoms with Crippen molar-refractivity contribution < 1.29 is 17.9 Å². The van der Waals surface area contributed by atoms with Gasteiger partial charge in [0.05, 0.1) is 22.8 Å². The van der Waals surface area contributed by atoms with Crippen molar-refractivity contribution in [2.45, 2.75) is 16.6 Å². The summed E-state index contributed by atoms with van der Waals surface area (Å²) in [6.07, 6.45) is 0.401. The summed E-state index contributed by atoms with van der Waals surface area (Å²) in [6.45, 7) is 0.549. The van der Waals surface area contributed by atoms with Crippen LogP contribution in [0.2, 0.25) is 5.02 Å². The summed E-state index contributed by atoms with van der Waals surface area (Å²) in [7, 11) is -1.99. The van der Waals surface area contributed by atoms with E-state index in [4.69, 9.17) is 16.3 Å². The van der Waals surface area contributed by atoms with Crippen LogP contribution in [-0.4, -0.2) is 44.7 Å². The maximum atomic E-state index is 12.8. The van der Waals surface area contributed by atoms with Crippen LogP contribution >= 0.6 is 27.5 Å². The first-order valence-electron chi connectivity index (χ1n) is 7.95. The average Bonchev–Trinajstić information content (AvgIpc) is 3.13. The van der Waals surface area contributed by atoms with Crippen LogP contribution in [0.15, 0.2) is 51.8 Å². The first-order chi connectivity index (χ1) is 12.3. The molecular weight excluding hydrogens is 442 g/mol. The molecule has 26 heavy (non-hydrogen) atoms. The molecule has 2 aromatic rings. The van der Waals surface area contributed by atoms with Gasteiger partial charge >= 0.3 is 0 Å². The monoisotopic (exact) mass is 457 g/mol. The smallest absolute Gasteiger partial charge is 0.255 e. The quantitative estimate of drug-likeness (QED) is 0.699. The van der Waals surface area contributed by atoms with Gasteiger partial charge in [0.25, 0.3) is 5.91 Å². The highest BCUT2D eigenvalue weighted by molar-refractivity contribution is 9.10. The van der Waals surface area contributed by atoms with Crippen LogP contribution in [0, 0.1) is 0 Å². The van der Waals surface area contributed by atoms with Gasteiger partial charge in [-0.2, -0.15) is 0 Å². The molecule has 0 radical (unpaired) electrons. The van der Waals surface area contributed by atoms with E-state index in [1.165, 1.54) is 19.2 Å². The Bertz CT molecular complexity index is 931. The van der Waals surface area contributed by atoms with Crippen LogP contribution in [-0.2, 0) is 9.84 Å². The molecule has 1 amide bonds. The number of methoxy groups -OCH3 is 1. The van der Waals surface area contributed by atoms with E-state index in [0.29, 0.717) is 33.8 Å². The van der Waals surface area contributed by atoms with Crippen molar-refractivity contribution in [2.24, 2.45) is 0 Å². The van der Waals surface area contributed by atoms with E-state index in [9.17, 15) is 13.2 Å². The Balaban J connectivity index is 1.80. The summed E-state index contributed by atoms with van der Waals surface area (Å²) < 4.78 is 31.4. The first-order valence-corrected chi connectivity index (χ1v) is 10.7. The summed E-state index contributed by atoms with van der Waals surface area (Å²) in [5.41, 5.74) is 0.453. The minimum Gasteiger partial charge on any atom is -0.497 e. The molecule has 2 aromatic carbocycles. The molecule has 3 rings (SSSR count). The second-order valence-electron chi connectivity index (χ2n) is 6.01. The average molecular weight is 459 g/mol. The van der Waals surface area contributed by atoms with Crippen molar-refractivity contribution in [2.75, 3.05) is 20.2 Å². The third kappa shape index (κ3) is 3.75. The largest absolute Gasteiger partial charge is 0.497 e. The van der Waals surface area contributed by atoms with E-state index in [2.05, 4.69) is 15.9 Å². The molecule has 5 nitrogen and oxygen atoms in total. The summed E-state index contributed by atoms with van der Waals surface area (Å²) in [4.78, 5) is 14.6. The molecule has 8 heteroatoms. The van der Waals surface area contributed by atoms with E-state index in [-0.39, 0.29) is 17.3 Å². The fourth-order valence-electron chi connectivity index (χ4n) is 2.95. The molecule has 1 aliphatic rings. The van der Waals surface area contributed by atoms with Gasteiger partial charge in [0.1, 0.15) is 5.75 Å². The molecule has 138 valence electrons. The van der Waals surface area contributed by atoms with E-state index in [0.717, 1.165) is 0 Å². The topological polar surface area (TPSA) is 63.7 Å². The van der Waals surface area contributed by atoms with Gasteiger partial charge in [-0.05, 0) is 64.8 Å². The fourth-order valence-corrected chi connectivity index (χ4v) is 5.18. The number of likely N-dealkylation sites (tertiary alicyclic amines) is 1. The van der Waals surface area contributed by atoms with Gasteiger partial charge in [-0.15, -0.1) is 0 Å². The van der Waals surface area contributed by atoms with Crippen molar-refractivity contribution in [3.05, 3.63) is 57.5 Å². The van der Waals surface area contributed by atoms with Crippen LogP contribution < -0.4 is 4.74 Å². The predicted molar refractivity (Wildman–Crippen MR) is 104 cm³/mol. The normalized spacial score (nSPS) is 17.3. The second kappa shape index (κ2) is 7.58. The van der Waals surface area contributed by atoms with Crippen LogP contribution in [0.25, 0.3) is 0 Å². The molecule has 1 heterocycles. The third-order valence-electron chi connectivity index (χ3n) is 4.42. The Hall–Kier alpha value is -1.57. The molecule has 0 bridgehead atoms. The highest BCUT2D eigenvalue weighted by Crippen LogP contribution is 2.29. The molecule has 0 N–H and O–H groups in total. The Morgan fingerprint density at radius 1 is 1.23 bits per heavy atom. The van der Waals surface area contributed by atoms with Crippen LogP contribution in [0.3, 0.4) is 0 Å². The number of rotatable bonds is 4. The number of nitrogens with zero attached hydrogens (tertiary/aromatic N) is 1. The van der Waals surface area contributed by atoms with Crippen molar-refractivity contribution in [1.29, 1.82) is 0 Å². The Morgan fingerprint density at radius 2 is 1.92 bits per heavy atom. The molecule has 1 saturated heterocycles. The molecule has 0 spiro atoms. The zero-order valence-corrected chi connectivity index (χ0v) is 17.1. The lowest BCUT2D eigenvalue weighted by atomic mass is 10.2. The molecule has 1 unspecified atom stereocenters. The zero-order chi connectivity index (χ0) is 18.9. The molecule has 0 aliphatic carbocycles. The Morgan fingerprint density at radius 3 is 2.58 bits per heavy atom. The maximum Gasteiger partial charge on any atom is 0.255 e. The minimum absolute atomic E-state index is 0.160. The van der Waals surface area contributed by atoms with Crippen molar-refractivity contribution >= 4 is 43.3 Å². The highest BCUT2D eigenvalue weighted by atomic mass is 79.9. The number of ether oxygens (including phenoxy) is 1. The zero-order valence-electron chi connectivity index (χ0n) is 14.0. The Kier molecular flexibility index (Phi) is 5.60. The molecular formula is C18H17BrClNO4S. The molecule has 0 aromatic heterocycles. The van der Waals surface area contributed by atoms with Crippen LogP contribution in [0.5, 0.6) is 5.75 Å². The SMILES string of the molecule is COc1ccc(Br)c(C(=O)N2CCC(S(=O)(=O)c3ccc(Cl)cc3)C2)c1. The lowest BCUT2D eigenvalue weighted by molar-refractivity contribution is 0.0792. The summed E-state index contributed by atoms with van der Waals surface area (Å²) in [6, 6.07) is 11.2. The lowest BCUT2D eigenvalue weighted by Crippen LogP contribution is -2.32. The van der Waals surface area contributed by atoms with Crippen molar-refractivity contribution in [3.8, 4) is 5.75 Å². The number of benzene rings is 2. The number of amides is 1. The van der Waals surface area contributed by atoms with E-state index in [1.54, 1.807) is 35.2 Å².